The average Bonchev–Trinajstić information content (AvgIpc) is 2.48. The van der Waals surface area contributed by atoms with Crippen molar-refractivity contribution in [2.45, 2.75) is 44.7 Å². The number of amides is 2. The molecule has 1 aliphatic rings. The first-order valence-corrected chi connectivity index (χ1v) is 7.20. The van der Waals surface area contributed by atoms with Crippen molar-refractivity contribution in [1.29, 1.82) is 0 Å². The van der Waals surface area contributed by atoms with Crippen molar-refractivity contribution in [1.82, 2.24) is 15.6 Å². The van der Waals surface area contributed by atoms with E-state index in [1.54, 1.807) is 24.5 Å². The summed E-state index contributed by atoms with van der Waals surface area (Å²) in [6.45, 7) is 2.45. The topological polar surface area (TPSA) is 91.3 Å². The van der Waals surface area contributed by atoms with Crippen LogP contribution >= 0.6 is 0 Å². The summed E-state index contributed by atoms with van der Waals surface area (Å²) in [7, 11) is 0. The van der Waals surface area contributed by atoms with Gasteiger partial charge in [-0.1, -0.05) is 6.92 Å². The molecule has 21 heavy (non-hydrogen) atoms. The Bertz CT molecular complexity index is 496. The lowest BCUT2D eigenvalue weighted by Crippen LogP contribution is -2.58. The van der Waals surface area contributed by atoms with Gasteiger partial charge >= 0.3 is 12.0 Å². The van der Waals surface area contributed by atoms with Crippen LogP contribution in [0.2, 0.25) is 0 Å². The molecule has 1 aromatic heterocycles. The third kappa shape index (κ3) is 3.93. The number of pyridine rings is 1. The molecule has 2 rings (SSSR count). The van der Waals surface area contributed by atoms with E-state index in [4.69, 9.17) is 0 Å². The van der Waals surface area contributed by atoms with Crippen molar-refractivity contribution in [2.24, 2.45) is 5.92 Å². The minimum atomic E-state index is -1.13. The lowest BCUT2D eigenvalue weighted by Gasteiger charge is -2.36. The van der Waals surface area contributed by atoms with Crippen molar-refractivity contribution in [3.63, 3.8) is 0 Å². The first-order chi connectivity index (χ1) is 10.0. The molecular weight excluding hydrogens is 270 g/mol. The zero-order valence-electron chi connectivity index (χ0n) is 12.1. The summed E-state index contributed by atoms with van der Waals surface area (Å²) in [4.78, 5) is 27.4. The van der Waals surface area contributed by atoms with Crippen molar-refractivity contribution in [3.05, 3.63) is 30.1 Å². The maximum Gasteiger partial charge on any atom is 0.329 e. The maximum atomic E-state index is 12.0. The molecule has 0 unspecified atom stereocenters. The molecule has 1 aliphatic carbocycles. The first-order valence-electron chi connectivity index (χ1n) is 7.20. The number of rotatable bonds is 4. The van der Waals surface area contributed by atoms with E-state index in [1.807, 2.05) is 0 Å². The molecule has 0 aromatic carbocycles. The summed E-state index contributed by atoms with van der Waals surface area (Å²) in [5, 5.41) is 14.8. The van der Waals surface area contributed by atoms with Gasteiger partial charge in [-0.15, -0.1) is 0 Å². The smallest absolute Gasteiger partial charge is 0.329 e. The zero-order valence-corrected chi connectivity index (χ0v) is 12.1. The standard InChI is InChI=1S/C15H21N3O3/c1-11-2-6-15(7-3-11,13(19)20)18-14(21)17-10-12-4-8-16-9-5-12/h4-5,8-9,11H,2-3,6-7,10H2,1H3,(H,19,20)(H2,17,18,21). The Balaban J connectivity index is 1.91. The molecule has 0 aliphatic heterocycles. The van der Waals surface area contributed by atoms with Gasteiger partial charge in [-0.25, -0.2) is 9.59 Å². The average molecular weight is 291 g/mol. The van der Waals surface area contributed by atoms with Crippen LogP contribution in [-0.4, -0.2) is 27.6 Å². The Hall–Kier alpha value is -2.11. The van der Waals surface area contributed by atoms with E-state index < -0.39 is 17.5 Å². The molecule has 2 amide bonds. The SMILES string of the molecule is CC1CCC(NC(=O)NCc2ccncc2)(C(=O)O)CC1. The molecule has 6 nitrogen and oxygen atoms in total. The van der Waals surface area contributed by atoms with Gasteiger partial charge in [-0.2, -0.15) is 0 Å². The molecule has 1 aromatic rings. The van der Waals surface area contributed by atoms with Gasteiger partial charge in [0, 0.05) is 18.9 Å². The fraction of sp³-hybridized carbons (Fsp3) is 0.533. The van der Waals surface area contributed by atoms with Crippen molar-refractivity contribution in [2.75, 3.05) is 0 Å². The molecular formula is C15H21N3O3. The second kappa shape index (κ2) is 6.56. The van der Waals surface area contributed by atoms with Gasteiger partial charge in [-0.3, -0.25) is 4.98 Å². The molecule has 6 heteroatoms. The van der Waals surface area contributed by atoms with Crippen LogP contribution in [0.25, 0.3) is 0 Å². The quantitative estimate of drug-likeness (QED) is 0.790. The molecule has 114 valence electrons. The Morgan fingerprint density at radius 1 is 1.33 bits per heavy atom. The number of aromatic nitrogens is 1. The van der Waals surface area contributed by atoms with Gasteiger partial charge in [-0.05, 0) is 49.3 Å². The highest BCUT2D eigenvalue weighted by Crippen LogP contribution is 2.32. The number of carboxylic acid groups (broad SMARTS) is 1. The lowest BCUT2D eigenvalue weighted by molar-refractivity contribution is -0.146. The number of urea groups is 1. The van der Waals surface area contributed by atoms with E-state index in [9.17, 15) is 14.7 Å². The fourth-order valence-corrected chi connectivity index (χ4v) is 2.59. The maximum absolute atomic E-state index is 12.0. The van der Waals surface area contributed by atoms with Crippen LogP contribution in [-0.2, 0) is 11.3 Å². The number of hydrogen-bond donors (Lipinski definition) is 3. The van der Waals surface area contributed by atoms with Gasteiger partial charge < -0.3 is 15.7 Å². The van der Waals surface area contributed by atoms with E-state index in [2.05, 4.69) is 22.5 Å². The summed E-state index contributed by atoms with van der Waals surface area (Å²) in [5.74, 6) is -0.437. The second-order valence-electron chi connectivity index (χ2n) is 5.73. The third-order valence-corrected chi connectivity index (χ3v) is 4.09. The third-order valence-electron chi connectivity index (χ3n) is 4.09. The van der Waals surface area contributed by atoms with E-state index in [1.165, 1.54) is 0 Å². The van der Waals surface area contributed by atoms with E-state index in [0.29, 0.717) is 25.3 Å². The largest absolute Gasteiger partial charge is 0.480 e. The van der Waals surface area contributed by atoms with Crippen molar-refractivity contribution >= 4 is 12.0 Å². The second-order valence-corrected chi connectivity index (χ2v) is 5.73. The van der Waals surface area contributed by atoms with Crippen LogP contribution in [0.1, 0.15) is 38.2 Å². The fourth-order valence-electron chi connectivity index (χ4n) is 2.59. The Morgan fingerprint density at radius 2 is 1.95 bits per heavy atom. The van der Waals surface area contributed by atoms with E-state index >= 15 is 0 Å². The van der Waals surface area contributed by atoms with Crippen LogP contribution in [0.5, 0.6) is 0 Å². The number of carboxylic acids is 1. The number of carbonyl (C=O) groups is 2. The molecule has 0 spiro atoms. The molecule has 3 N–H and O–H groups in total. The van der Waals surface area contributed by atoms with Crippen molar-refractivity contribution in [3.8, 4) is 0 Å². The van der Waals surface area contributed by atoms with Crippen molar-refractivity contribution < 1.29 is 14.7 Å². The summed E-state index contributed by atoms with van der Waals surface area (Å²) in [6.07, 6.45) is 5.89. The predicted molar refractivity (Wildman–Crippen MR) is 77.6 cm³/mol. The predicted octanol–water partition coefficient (Wildman–Crippen LogP) is 1.91. The van der Waals surface area contributed by atoms with Crippen LogP contribution in [0.15, 0.2) is 24.5 Å². The van der Waals surface area contributed by atoms with Gasteiger partial charge in [0.1, 0.15) is 5.54 Å². The summed E-state index contributed by atoms with van der Waals surface area (Å²) < 4.78 is 0. The molecule has 0 bridgehead atoms. The summed E-state index contributed by atoms with van der Waals surface area (Å²) in [5.41, 5.74) is -0.212. The van der Waals surface area contributed by atoms with Gasteiger partial charge in [0.2, 0.25) is 0 Å². The highest BCUT2D eigenvalue weighted by atomic mass is 16.4. The molecule has 0 radical (unpaired) electrons. The lowest BCUT2D eigenvalue weighted by atomic mass is 9.77. The minimum absolute atomic E-state index is 0.348. The number of hydrogen-bond acceptors (Lipinski definition) is 3. The number of nitrogens with zero attached hydrogens (tertiary/aromatic N) is 1. The molecule has 1 heterocycles. The van der Waals surface area contributed by atoms with Gasteiger partial charge in [0.25, 0.3) is 0 Å². The normalized spacial score (nSPS) is 25.1. The van der Waals surface area contributed by atoms with E-state index in [0.717, 1.165) is 18.4 Å². The number of aliphatic carboxylic acids is 1. The van der Waals surface area contributed by atoms with Crippen LogP contribution in [0, 0.1) is 5.92 Å². The number of carbonyl (C=O) groups excluding carboxylic acids is 1. The van der Waals surface area contributed by atoms with E-state index in [-0.39, 0.29) is 0 Å². The molecule has 1 saturated carbocycles. The van der Waals surface area contributed by atoms with Crippen LogP contribution in [0.4, 0.5) is 4.79 Å². The van der Waals surface area contributed by atoms with Crippen LogP contribution < -0.4 is 10.6 Å². The highest BCUT2D eigenvalue weighted by Gasteiger charge is 2.42. The van der Waals surface area contributed by atoms with Gasteiger partial charge in [0.05, 0.1) is 0 Å². The molecule has 1 fully saturated rings. The highest BCUT2D eigenvalue weighted by molar-refractivity contribution is 5.86. The van der Waals surface area contributed by atoms with Gasteiger partial charge in [0.15, 0.2) is 0 Å². The first kappa shape index (κ1) is 15.3. The minimum Gasteiger partial charge on any atom is -0.480 e. The Kier molecular flexibility index (Phi) is 4.77. The van der Waals surface area contributed by atoms with Crippen LogP contribution in [0.3, 0.4) is 0 Å². The molecule has 0 saturated heterocycles. The summed E-state index contributed by atoms with van der Waals surface area (Å²) >= 11 is 0. The monoisotopic (exact) mass is 291 g/mol. The Morgan fingerprint density at radius 3 is 2.52 bits per heavy atom. The molecule has 0 atom stereocenters. The zero-order chi connectivity index (χ0) is 15.3. The Labute approximate surface area is 124 Å². The number of nitrogens with one attached hydrogen (secondary N) is 2. The summed E-state index contributed by atoms with van der Waals surface area (Å²) in [6, 6.07) is 3.16.